The van der Waals surface area contributed by atoms with Crippen molar-refractivity contribution in [3.8, 4) is 0 Å². The molecule has 1 saturated heterocycles. The Hall–Kier alpha value is -2.48. The maximum Gasteiger partial charge on any atom is 0.310 e. The Labute approximate surface area is 161 Å². The number of anilines is 1. The Kier molecular flexibility index (Phi) is 6.05. The summed E-state index contributed by atoms with van der Waals surface area (Å²) in [6.45, 7) is 4.69. The molecule has 0 radical (unpaired) electrons. The number of aromatic nitrogens is 1. The summed E-state index contributed by atoms with van der Waals surface area (Å²) in [5, 5.41) is 3.23. The minimum absolute atomic E-state index is 0.00921. The lowest BCUT2D eigenvalue weighted by molar-refractivity contribution is -0.151. The highest BCUT2D eigenvalue weighted by molar-refractivity contribution is 7.22. The van der Waals surface area contributed by atoms with Crippen LogP contribution in [0.5, 0.6) is 0 Å². The maximum absolute atomic E-state index is 12.7. The molecule has 0 aliphatic carbocycles. The van der Waals surface area contributed by atoms with Gasteiger partial charge in [-0.25, -0.2) is 4.98 Å². The molecule has 3 rings (SSSR count). The second-order valence-electron chi connectivity index (χ2n) is 6.61. The Bertz CT molecular complexity index is 864. The summed E-state index contributed by atoms with van der Waals surface area (Å²) in [5.41, 5.74) is 1.68. The Morgan fingerprint density at radius 2 is 2.19 bits per heavy atom. The maximum atomic E-state index is 12.7. The Balaban J connectivity index is 1.66. The Morgan fingerprint density at radius 3 is 2.93 bits per heavy atom. The number of carbonyl (C=O) groups excluding carboxylic acids is 3. The molecule has 27 heavy (non-hydrogen) atoms. The van der Waals surface area contributed by atoms with Gasteiger partial charge in [0.25, 0.3) is 0 Å². The van der Waals surface area contributed by atoms with Crippen LogP contribution in [0.2, 0.25) is 0 Å². The van der Waals surface area contributed by atoms with E-state index in [1.165, 1.54) is 18.3 Å². The first kappa shape index (κ1) is 19.3. The predicted octanol–water partition coefficient (Wildman–Crippen LogP) is 2.60. The molecule has 1 aliphatic heterocycles. The zero-order valence-corrected chi connectivity index (χ0v) is 16.3. The number of esters is 1. The van der Waals surface area contributed by atoms with Crippen molar-refractivity contribution >= 4 is 44.5 Å². The summed E-state index contributed by atoms with van der Waals surface area (Å²) >= 11 is 1.38. The number of hydrogen-bond acceptors (Lipinski definition) is 6. The van der Waals surface area contributed by atoms with E-state index < -0.39 is 0 Å². The van der Waals surface area contributed by atoms with Crippen molar-refractivity contribution in [3.63, 3.8) is 0 Å². The molecule has 2 heterocycles. The van der Waals surface area contributed by atoms with Crippen LogP contribution in [0.15, 0.2) is 18.2 Å². The largest absolute Gasteiger partial charge is 0.466 e. The van der Waals surface area contributed by atoms with Crippen LogP contribution in [0.3, 0.4) is 0 Å². The first-order valence-electron chi connectivity index (χ1n) is 9.07. The molecule has 1 unspecified atom stereocenters. The summed E-state index contributed by atoms with van der Waals surface area (Å²) in [6, 6.07) is 5.67. The van der Waals surface area contributed by atoms with Gasteiger partial charge < -0.3 is 15.0 Å². The van der Waals surface area contributed by atoms with E-state index in [2.05, 4.69) is 10.3 Å². The zero-order valence-electron chi connectivity index (χ0n) is 15.5. The first-order chi connectivity index (χ1) is 13.0. The summed E-state index contributed by atoms with van der Waals surface area (Å²) in [4.78, 5) is 41.9. The van der Waals surface area contributed by atoms with Crippen LogP contribution in [-0.2, 0) is 25.5 Å². The number of nitrogens with one attached hydrogen (secondary N) is 1. The molecule has 1 atom stereocenters. The standard InChI is InChI=1S/C19H23N3O4S/c1-3-26-18(25)14-5-4-8-22(11-14)17(24)10-13-6-7-15-16(9-13)27-19(21-15)20-12(2)23/h6-7,9,14H,3-5,8,10-11H2,1-2H3,(H,20,21,23). The number of amides is 2. The summed E-state index contributed by atoms with van der Waals surface area (Å²) in [5.74, 6) is -0.598. The van der Waals surface area contributed by atoms with Crippen LogP contribution in [0.4, 0.5) is 5.13 Å². The van der Waals surface area contributed by atoms with Crippen LogP contribution >= 0.6 is 11.3 Å². The van der Waals surface area contributed by atoms with Gasteiger partial charge in [-0.05, 0) is 37.5 Å². The molecule has 0 bridgehead atoms. The average molecular weight is 389 g/mol. The van der Waals surface area contributed by atoms with E-state index in [4.69, 9.17) is 4.74 Å². The number of ether oxygens (including phenoxy) is 1. The molecule has 1 aliphatic rings. The van der Waals surface area contributed by atoms with E-state index in [0.717, 1.165) is 28.6 Å². The number of carbonyl (C=O) groups is 3. The molecule has 1 fully saturated rings. The van der Waals surface area contributed by atoms with Gasteiger partial charge in [0.15, 0.2) is 5.13 Å². The molecular weight excluding hydrogens is 366 g/mol. The second kappa shape index (κ2) is 8.47. The number of hydrogen-bond donors (Lipinski definition) is 1. The van der Waals surface area contributed by atoms with Gasteiger partial charge >= 0.3 is 5.97 Å². The average Bonchev–Trinajstić information content (AvgIpc) is 3.02. The van der Waals surface area contributed by atoms with Crippen molar-refractivity contribution in [2.24, 2.45) is 5.92 Å². The molecule has 0 saturated carbocycles. The number of thiazole rings is 1. The number of fused-ring (bicyclic) bond motifs is 1. The van der Waals surface area contributed by atoms with E-state index in [-0.39, 0.29) is 30.1 Å². The third kappa shape index (κ3) is 4.82. The van der Waals surface area contributed by atoms with Crippen LogP contribution < -0.4 is 5.32 Å². The highest BCUT2D eigenvalue weighted by Crippen LogP contribution is 2.27. The second-order valence-corrected chi connectivity index (χ2v) is 7.64. The van der Waals surface area contributed by atoms with E-state index in [1.807, 2.05) is 18.2 Å². The fourth-order valence-electron chi connectivity index (χ4n) is 3.23. The number of rotatable bonds is 5. The van der Waals surface area contributed by atoms with E-state index in [0.29, 0.717) is 24.8 Å². The van der Waals surface area contributed by atoms with Gasteiger partial charge in [-0.1, -0.05) is 17.4 Å². The molecule has 8 heteroatoms. The SMILES string of the molecule is CCOC(=O)C1CCCN(C(=O)Cc2ccc3nc(NC(C)=O)sc3c2)C1. The lowest BCUT2D eigenvalue weighted by Gasteiger charge is -2.31. The molecule has 144 valence electrons. The topological polar surface area (TPSA) is 88.6 Å². The molecule has 1 aromatic heterocycles. The van der Waals surface area contributed by atoms with Crippen LogP contribution in [0.25, 0.3) is 10.2 Å². The summed E-state index contributed by atoms with van der Waals surface area (Å²) in [7, 11) is 0. The van der Waals surface area contributed by atoms with E-state index in [9.17, 15) is 14.4 Å². The fraction of sp³-hybridized carbons (Fsp3) is 0.474. The third-order valence-electron chi connectivity index (χ3n) is 4.49. The molecule has 0 spiro atoms. The normalized spacial score (nSPS) is 17.0. The van der Waals surface area contributed by atoms with Crippen LogP contribution in [0, 0.1) is 5.92 Å². The van der Waals surface area contributed by atoms with Gasteiger partial charge in [-0.15, -0.1) is 0 Å². The smallest absolute Gasteiger partial charge is 0.310 e. The van der Waals surface area contributed by atoms with Gasteiger partial charge in [0.2, 0.25) is 11.8 Å². The minimum atomic E-state index is -0.230. The molecular formula is C19H23N3O4S. The van der Waals surface area contributed by atoms with Gasteiger partial charge in [-0.2, -0.15) is 0 Å². The number of piperidine rings is 1. The van der Waals surface area contributed by atoms with Crippen LogP contribution in [-0.4, -0.2) is 47.4 Å². The van der Waals surface area contributed by atoms with E-state index in [1.54, 1.807) is 11.8 Å². The van der Waals surface area contributed by atoms with Crippen molar-refractivity contribution in [2.45, 2.75) is 33.1 Å². The number of nitrogens with zero attached hydrogens (tertiary/aromatic N) is 2. The fourth-order valence-corrected chi connectivity index (χ4v) is 4.20. The molecule has 1 aromatic carbocycles. The molecule has 7 nitrogen and oxygen atoms in total. The van der Waals surface area contributed by atoms with Gasteiger partial charge in [-0.3, -0.25) is 14.4 Å². The van der Waals surface area contributed by atoms with E-state index >= 15 is 0 Å². The quantitative estimate of drug-likeness (QED) is 0.794. The van der Waals surface area contributed by atoms with Gasteiger partial charge in [0, 0.05) is 20.0 Å². The first-order valence-corrected chi connectivity index (χ1v) is 9.89. The van der Waals surface area contributed by atoms with Crippen LogP contribution in [0.1, 0.15) is 32.3 Å². The predicted molar refractivity (Wildman–Crippen MR) is 104 cm³/mol. The van der Waals surface area contributed by atoms with Crippen molar-refractivity contribution < 1.29 is 19.1 Å². The Morgan fingerprint density at radius 1 is 1.37 bits per heavy atom. The number of likely N-dealkylation sites (tertiary alicyclic amines) is 1. The minimum Gasteiger partial charge on any atom is -0.466 e. The molecule has 2 aromatic rings. The van der Waals surface area contributed by atoms with Gasteiger partial charge in [0.05, 0.1) is 29.2 Å². The molecule has 1 N–H and O–H groups in total. The highest BCUT2D eigenvalue weighted by Gasteiger charge is 2.29. The lowest BCUT2D eigenvalue weighted by atomic mass is 9.97. The lowest BCUT2D eigenvalue weighted by Crippen LogP contribution is -2.43. The van der Waals surface area contributed by atoms with Crippen molar-refractivity contribution in [2.75, 3.05) is 25.0 Å². The van der Waals surface area contributed by atoms with Crippen molar-refractivity contribution in [3.05, 3.63) is 23.8 Å². The monoisotopic (exact) mass is 389 g/mol. The number of benzene rings is 1. The third-order valence-corrected chi connectivity index (χ3v) is 5.42. The van der Waals surface area contributed by atoms with Gasteiger partial charge in [0.1, 0.15) is 0 Å². The highest BCUT2D eigenvalue weighted by atomic mass is 32.1. The van der Waals surface area contributed by atoms with Crippen molar-refractivity contribution in [1.29, 1.82) is 0 Å². The molecule has 2 amide bonds. The zero-order chi connectivity index (χ0) is 19.4. The summed E-state index contributed by atoms with van der Waals surface area (Å²) in [6.07, 6.45) is 1.85. The van der Waals surface area contributed by atoms with Crippen molar-refractivity contribution in [1.82, 2.24) is 9.88 Å². The summed E-state index contributed by atoms with van der Waals surface area (Å²) < 4.78 is 6.02.